The molecule has 0 aliphatic carbocycles. The van der Waals surface area contributed by atoms with E-state index in [9.17, 15) is 18.5 Å². The summed E-state index contributed by atoms with van der Waals surface area (Å²) in [4.78, 5) is 57.4. The minimum Gasteiger partial charge on any atom is -0.335 e. The van der Waals surface area contributed by atoms with Crippen LogP contribution in [0.2, 0.25) is 0 Å². The number of hydrogen-bond acceptors (Lipinski definition) is 9. The molecule has 0 saturated carbocycles. The number of hydrazine groups is 1. The standard InChI is InChI=1S/C28H36FN8O6P/c1-17-30-23(33-37(17)16-43-44(40,41)42)26(39)34-11-12-35(28(5,6)15-34)25(38)22-14-36-24(31-22)20(27(2,3)4)13-21(32-36)18-7-9-19(29)10-8-18/h7-10,13-14,23,33H,11-12,15-16H2,1-6H3,(H2,40,41,42). The maximum atomic E-state index is 13.9. The Labute approximate surface area is 253 Å². The highest BCUT2D eigenvalue weighted by Crippen LogP contribution is 2.36. The van der Waals surface area contributed by atoms with Crippen LogP contribution in [0.15, 0.2) is 41.5 Å². The van der Waals surface area contributed by atoms with Crippen LogP contribution in [0.4, 0.5) is 4.39 Å². The summed E-state index contributed by atoms with van der Waals surface area (Å²) < 4.78 is 30.7. The second-order valence-corrected chi connectivity index (χ2v) is 13.7. The van der Waals surface area contributed by atoms with E-state index >= 15 is 0 Å². The number of hydrogen-bond donors (Lipinski definition) is 3. The average molecular weight is 631 g/mol. The van der Waals surface area contributed by atoms with Gasteiger partial charge >= 0.3 is 7.82 Å². The third-order valence-corrected chi connectivity index (χ3v) is 8.08. The highest BCUT2D eigenvalue weighted by molar-refractivity contribution is 7.46. The number of carbonyl (C=O) groups is 2. The Hall–Kier alpha value is -3.75. The Morgan fingerprint density at radius 2 is 1.86 bits per heavy atom. The quantitative estimate of drug-likeness (QED) is 0.345. The van der Waals surface area contributed by atoms with Crippen LogP contribution < -0.4 is 5.43 Å². The molecule has 1 unspecified atom stereocenters. The molecule has 3 N–H and O–H groups in total. The number of halogens is 1. The molecule has 5 rings (SSSR count). The van der Waals surface area contributed by atoms with E-state index in [1.54, 1.807) is 39.6 Å². The fourth-order valence-electron chi connectivity index (χ4n) is 5.33. The van der Waals surface area contributed by atoms with E-state index in [1.807, 2.05) is 40.7 Å². The lowest BCUT2D eigenvalue weighted by Gasteiger charge is -2.47. The number of amidine groups is 1. The molecule has 44 heavy (non-hydrogen) atoms. The number of nitrogens with zero attached hydrogens (tertiary/aromatic N) is 7. The highest BCUT2D eigenvalue weighted by atomic mass is 31.2. The van der Waals surface area contributed by atoms with E-state index in [1.165, 1.54) is 17.1 Å². The van der Waals surface area contributed by atoms with E-state index in [0.717, 1.165) is 11.1 Å². The van der Waals surface area contributed by atoms with E-state index < -0.39 is 26.3 Å². The molecule has 236 valence electrons. The van der Waals surface area contributed by atoms with E-state index in [2.05, 4.69) is 20.0 Å². The zero-order chi connectivity index (χ0) is 32.2. The number of phosphoric acid groups is 1. The minimum absolute atomic E-state index is 0.213. The van der Waals surface area contributed by atoms with Gasteiger partial charge in [-0.05, 0) is 56.5 Å². The molecule has 1 atom stereocenters. The third-order valence-electron chi connectivity index (χ3n) is 7.62. The van der Waals surface area contributed by atoms with Gasteiger partial charge in [-0.3, -0.25) is 19.1 Å². The lowest BCUT2D eigenvalue weighted by atomic mass is 9.87. The van der Waals surface area contributed by atoms with Crippen LogP contribution in [0.3, 0.4) is 0 Å². The molecule has 0 bridgehead atoms. The van der Waals surface area contributed by atoms with Gasteiger partial charge < -0.3 is 19.6 Å². The van der Waals surface area contributed by atoms with Crippen LogP contribution >= 0.6 is 7.82 Å². The molecule has 2 aromatic heterocycles. The molecule has 16 heteroatoms. The lowest BCUT2D eigenvalue weighted by Crippen LogP contribution is -2.63. The topological polar surface area (TPSA) is 165 Å². The van der Waals surface area contributed by atoms with Crippen molar-refractivity contribution in [3.05, 3.63) is 53.6 Å². The first-order valence-electron chi connectivity index (χ1n) is 14.0. The smallest absolute Gasteiger partial charge is 0.335 e. The van der Waals surface area contributed by atoms with Gasteiger partial charge in [-0.2, -0.15) is 10.5 Å². The SMILES string of the molecule is CC1=NC(C(=O)N2CCN(C(=O)c3cn4nc(-c5ccc(F)cc5)cc(C(C)(C)C)c4n3)C(C)(C)C2)NN1COP(=O)(O)O. The molecule has 1 fully saturated rings. The van der Waals surface area contributed by atoms with Crippen molar-refractivity contribution in [2.45, 2.75) is 58.7 Å². The van der Waals surface area contributed by atoms with Gasteiger partial charge in [0.1, 0.15) is 24.1 Å². The number of aromatic nitrogens is 3. The van der Waals surface area contributed by atoms with E-state index in [0.29, 0.717) is 17.2 Å². The first-order valence-corrected chi connectivity index (χ1v) is 15.5. The third kappa shape index (κ3) is 6.52. The van der Waals surface area contributed by atoms with Crippen molar-refractivity contribution in [2.75, 3.05) is 26.4 Å². The Bertz CT molecular complexity index is 1680. The summed E-state index contributed by atoms with van der Waals surface area (Å²) in [6.07, 6.45) is 0.603. The average Bonchev–Trinajstić information content (AvgIpc) is 3.52. The molecule has 1 aromatic carbocycles. The van der Waals surface area contributed by atoms with Gasteiger partial charge in [0.25, 0.3) is 11.8 Å². The van der Waals surface area contributed by atoms with Gasteiger partial charge in [0, 0.05) is 30.8 Å². The Morgan fingerprint density at radius 1 is 1.18 bits per heavy atom. The van der Waals surface area contributed by atoms with Crippen molar-refractivity contribution in [1.29, 1.82) is 0 Å². The molecular weight excluding hydrogens is 594 g/mol. The van der Waals surface area contributed by atoms with Gasteiger partial charge in [0.2, 0.25) is 0 Å². The van der Waals surface area contributed by atoms with Crippen molar-refractivity contribution in [3.8, 4) is 11.3 Å². The fourth-order valence-corrected chi connectivity index (χ4v) is 5.59. The zero-order valence-electron chi connectivity index (χ0n) is 25.4. The molecule has 0 radical (unpaired) electrons. The van der Waals surface area contributed by atoms with Crippen LogP contribution in [-0.4, -0.2) is 94.9 Å². The van der Waals surface area contributed by atoms with Gasteiger partial charge in [-0.15, -0.1) is 0 Å². The van der Waals surface area contributed by atoms with E-state index in [4.69, 9.17) is 14.8 Å². The second-order valence-electron chi connectivity index (χ2n) is 12.5. The molecule has 4 heterocycles. The second kappa shape index (κ2) is 11.3. The molecule has 3 aromatic rings. The summed E-state index contributed by atoms with van der Waals surface area (Å²) >= 11 is 0. The predicted molar refractivity (Wildman–Crippen MR) is 159 cm³/mol. The van der Waals surface area contributed by atoms with Gasteiger partial charge in [-0.25, -0.2) is 23.4 Å². The van der Waals surface area contributed by atoms with E-state index in [-0.39, 0.29) is 48.4 Å². The van der Waals surface area contributed by atoms with Crippen LogP contribution in [0, 0.1) is 5.82 Å². The maximum Gasteiger partial charge on any atom is 0.471 e. The number of rotatable bonds is 6. The van der Waals surface area contributed by atoms with Crippen molar-refractivity contribution >= 4 is 31.1 Å². The monoisotopic (exact) mass is 630 g/mol. The summed E-state index contributed by atoms with van der Waals surface area (Å²) in [7, 11) is -4.71. The van der Waals surface area contributed by atoms with Crippen LogP contribution in [0.1, 0.15) is 57.6 Å². The highest BCUT2D eigenvalue weighted by Gasteiger charge is 2.42. The summed E-state index contributed by atoms with van der Waals surface area (Å²) in [5.41, 5.74) is 4.70. The van der Waals surface area contributed by atoms with Crippen molar-refractivity contribution < 1.29 is 32.9 Å². The number of phosphoric ester groups is 1. The Kier molecular flexibility index (Phi) is 8.14. The maximum absolute atomic E-state index is 13.9. The summed E-state index contributed by atoms with van der Waals surface area (Å²) in [6, 6.07) is 7.98. The minimum atomic E-state index is -4.71. The van der Waals surface area contributed by atoms with Crippen molar-refractivity contribution in [2.24, 2.45) is 4.99 Å². The first-order chi connectivity index (χ1) is 20.4. The number of nitrogens with one attached hydrogen (secondary N) is 1. The summed E-state index contributed by atoms with van der Waals surface area (Å²) in [5.74, 6) is -0.655. The van der Waals surface area contributed by atoms with Crippen molar-refractivity contribution in [3.63, 3.8) is 0 Å². The molecular formula is C28H36FN8O6P. The summed E-state index contributed by atoms with van der Waals surface area (Å²) in [5, 5.41) is 5.93. The summed E-state index contributed by atoms with van der Waals surface area (Å²) in [6.45, 7) is 11.7. The Morgan fingerprint density at radius 3 is 2.48 bits per heavy atom. The zero-order valence-corrected chi connectivity index (χ0v) is 26.2. The number of carbonyl (C=O) groups excluding carboxylic acids is 2. The lowest BCUT2D eigenvalue weighted by molar-refractivity contribution is -0.138. The first kappa shape index (κ1) is 31.7. The number of aliphatic imine (C=N–C) groups is 1. The molecule has 0 spiro atoms. The van der Waals surface area contributed by atoms with Gasteiger partial charge in [0.05, 0.1) is 17.4 Å². The van der Waals surface area contributed by atoms with Crippen LogP contribution in [-0.2, 0) is 19.3 Å². The molecule has 2 amide bonds. The number of imidazole rings is 1. The molecule has 14 nitrogen and oxygen atoms in total. The number of piperazine rings is 1. The largest absolute Gasteiger partial charge is 0.471 e. The number of amides is 2. The fraction of sp³-hybridized carbons (Fsp3) is 0.464. The van der Waals surface area contributed by atoms with Gasteiger partial charge in [0.15, 0.2) is 11.8 Å². The Balaban J connectivity index is 1.34. The van der Waals surface area contributed by atoms with Crippen LogP contribution in [0.25, 0.3) is 16.9 Å². The molecule has 2 aliphatic heterocycles. The molecule has 1 saturated heterocycles. The number of fused-ring (bicyclic) bond motifs is 1. The molecule has 2 aliphatic rings. The van der Waals surface area contributed by atoms with Crippen molar-refractivity contribution in [1.82, 2.24) is 34.8 Å². The van der Waals surface area contributed by atoms with Gasteiger partial charge in [-0.1, -0.05) is 20.8 Å². The normalized spacial score (nSPS) is 19.1. The van der Waals surface area contributed by atoms with Crippen LogP contribution in [0.5, 0.6) is 0 Å². The predicted octanol–water partition coefficient (Wildman–Crippen LogP) is 2.53. The number of benzene rings is 1.